The molecule has 0 aliphatic heterocycles. The average molecular weight is 250 g/mol. The van der Waals surface area contributed by atoms with Crippen molar-refractivity contribution in [3.63, 3.8) is 0 Å². The zero-order valence-electron chi connectivity index (χ0n) is 10.6. The van der Waals surface area contributed by atoms with Crippen molar-refractivity contribution in [3.05, 3.63) is 16.6 Å². The zero-order chi connectivity index (χ0) is 11.7. The van der Waals surface area contributed by atoms with Gasteiger partial charge in [0.05, 0.1) is 5.51 Å². The zero-order valence-corrected chi connectivity index (χ0v) is 11.4. The summed E-state index contributed by atoms with van der Waals surface area (Å²) >= 11 is 1.80. The second-order valence-electron chi connectivity index (χ2n) is 5.68. The van der Waals surface area contributed by atoms with E-state index < -0.39 is 0 Å². The molecule has 2 saturated carbocycles. The van der Waals surface area contributed by atoms with Crippen molar-refractivity contribution in [2.75, 3.05) is 6.54 Å². The summed E-state index contributed by atoms with van der Waals surface area (Å²) < 4.78 is 0. The standard InChI is InChI=1S/C14H22N2S/c1-2-16-13(14-8-15-9-17-14)7-12-6-10-3-4-11(12)5-10/h8-13,16H,2-7H2,1H3. The van der Waals surface area contributed by atoms with E-state index in [2.05, 4.69) is 17.2 Å². The van der Waals surface area contributed by atoms with Crippen molar-refractivity contribution in [2.45, 2.75) is 45.1 Å². The molecule has 1 aromatic rings. The Morgan fingerprint density at radius 3 is 3.00 bits per heavy atom. The molecule has 1 N–H and O–H groups in total. The maximum Gasteiger partial charge on any atom is 0.0794 e. The van der Waals surface area contributed by atoms with E-state index in [-0.39, 0.29) is 0 Å². The first kappa shape index (κ1) is 11.7. The Balaban J connectivity index is 1.65. The molecule has 17 heavy (non-hydrogen) atoms. The Morgan fingerprint density at radius 1 is 1.47 bits per heavy atom. The fourth-order valence-electron chi connectivity index (χ4n) is 3.91. The van der Waals surface area contributed by atoms with E-state index in [1.807, 2.05) is 11.7 Å². The number of thiazole rings is 1. The van der Waals surface area contributed by atoms with E-state index in [9.17, 15) is 0 Å². The summed E-state index contributed by atoms with van der Waals surface area (Å²) in [6.07, 6.45) is 9.39. The summed E-state index contributed by atoms with van der Waals surface area (Å²) in [5, 5.41) is 3.64. The first-order valence-corrected chi connectivity index (χ1v) is 7.86. The number of hydrogen-bond acceptors (Lipinski definition) is 3. The van der Waals surface area contributed by atoms with Crippen LogP contribution in [0.2, 0.25) is 0 Å². The van der Waals surface area contributed by atoms with Crippen LogP contribution in [0.25, 0.3) is 0 Å². The fourth-order valence-corrected chi connectivity index (χ4v) is 4.62. The summed E-state index contributed by atoms with van der Waals surface area (Å²) in [6.45, 7) is 3.26. The van der Waals surface area contributed by atoms with E-state index in [4.69, 9.17) is 0 Å². The summed E-state index contributed by atoms with van der Waals surface area (Å²) in [5.74, 6) is 3.07. The molecule has 0 amide bonds. The number of aromatic nitrogens is 1. The van der Waals surface area contributed by atoms with Gasteiger partial charge >= 0.3 is 0 Å². The van der Waals surface area contributed by atoms with Gasteiger partial charge in [-0.3, -0.25) is 4.98 Å². The highest BCUT2D eigenvalue weighted by Gasteiger charge is 2.40. The molecule has 94 valence electrons. The topological polar surface area (TPSA) is 24.9 Å². The van der Waals surface area contributed by atoms with Gasteiger partial charge < -0.3 is 5.32 Å². The fraction of sp³-hybridized carbons (Fsp3) is 0.786. The molecule has 3 rings (SSSR count). The minimum atomic E-state index is 0.553. The van der Waals surface area contributed by atoms with E-state index in [1.54, 1.807) is 11.3 Å². The average Bonchev–Trinajstić information content (AvgIpc) is 3.06. The molecule has 2 nitrogen and oxygen atoms in total. The van der Waals surface area contributed by atoms with Crippen LogP contribution in [-0.2, 0) is 0 Å². The van der Waals surface area contributed by atoms with Crippen LogP contribution < -0.4 is 5.32 Å². The van der Waals surface area contributed by atoms with Gasteiger partial charge in [0.15, 0.2) is 0 Å². The molecule has 0 radical (unpaired) electrons. The predicted octanol–water partition coefficient (Wildman–Crippen LogP) is 3.62. The van der Waals surface area contributed by atoms with Crippen molar-refractivity contribution in [3.8, 4) is 0 Å². The lowest BCUT2D eigenvalue weighted by atomic mass is 9.84. The van der Waals surface area contributed by atoms with Gasteiger partial charge in [0.2, 0.25) is 0 Å². The number of nitrogens with zero attached hydrogens (tertiary/aromatic N) is 1. The van der Waals surface area contributed by atoms with Gasteiger partial charge in [-0.1, -0.05) is 13.3 Å². The lowest BCUT2D eigenvalue weighted by Crippen LogP contribution is -2.24. The molecule has 2 aliphatic carbocycles. The van der Waals surface area contributed by atoms with Crippen LogP contribution in [0.1, 0.15) is 49.9 Å². The number of nitrogens with one attached hydrogen (secondary N) is 1. The van der Waals surface area contributed by atoms with Crippen LogP contribution in [0.3, 0.4) is 0 Å². The van der Waals surface area contributed by atoms with Crippen molar-refractivity contribution in [1.82, 2.24) is 10.3 Å². The predicted molar refractivity (Wildman–Crippen MR) is 72.1 cm³/mol. The van der Waals surface area contributed by atoms with Crippen molar-refractivity contribution < 1.29 is 0 Å². The summed E-state index contributed by atoms with van der Waals surface area (Å²) in [7, 11) is 0. The molecule has 4 unspecified atom stereocenters. The third-order valence-corrected chi connectivity index (χ3v) is 5.56. The minimum absolute atomic E-state index is 0.553. The molecular formula is C14H22N2S. The molecule has 1 heterocycles. The van der Waals surface area contributed by atoms with E-state index in [0.717, 1.165) is 24.3 Å². The molecule has 4 atom stereocenters. The Labute approximate surface area is 108 Å². The molecule has 3 heteroatoms. The van der Waals surface area contributed by atoms with Crippen LogP contribution in [-0.4, -0.2) is 11.5 Å². The largest absolute Gasteiger partial charge is 0.309 e. The molecule has 1 aromatic heterocycles. The van der Waals surface area contributed by atoms with E-state index in [0.29, 0.717) is 6.04 Å². The van der Waals surface area contributed by atoms with Gasteiger partial charge in [-0.25, -0.2) is 0 Å². The van der Waals surface area contributed by atoms with Gasteiger partial charge in [0.1, 0.15) is 0 Å². The highest BCUT2D eigenvalue weighted by Crippen LogP contribution is 2.51. The van der Waals surface area contributed by atoms with E-state index in [1.165, 1.54) is 37.0 Å². The maximum absolute atomic E-state index is 4.23. The molecule has 0 saturated heterocycles. The van der Waals surface area contributed by atoms with Crippen LogP contribution in [0.4, 0.5) is 0 Å². The molecule has 0 spiro atoms. The summed E-state index contributed by atoms with van der Waals surface area (Å²) in [5.41, 5.74) is 1.96. The Kier molecular flexibility index (Phi) is 3.48. The van der Waals surface area contributed by atoms with Crippen LogP contribution >= 0.6 is 11.3 Å². The van der Waals surface area contributed by atoms with Crippen molar-refractivity contribution in [2.24, 2.45) is 17.8 Å². The lowest BCUT2D eigenvalue weighted by molar-refractivity contribution is 0.282. The first-order valence-electron chi connectivity index (χ1n) is 6.98. The van der Waals surface area contributed by atoms with Gasteiger partial charge in [-0.05, 0) is 50.0 Å². The number of rotatable bonds is 5. The summed E-state index contributed by atoms with van der Waals surface area (Å²) in [6, 6.07) is 0.553. The third kappa shape index (κ3) is 2.41. The minimum Gasteiger partial charge on any atom is -0.309 e. The van der Waals surface area contributed by atoms with Gasteiger partial charge in [-0.2, -0.15) is 0 Å². The quantitative estimate of drug-likeness (QED) is 0.863. The SMILES string of the molecule is CCNC(CC1CC2CCC1C2)c1cncs1. The highest BCUT2D eigenvalue weighted by atomic mass is 32.1. The maximum atomic E-state index is 4.23. The Bertz CT molecular complexity index is 349. The van der Waals surface area contributed by atoms with Gasteiger partial charge in [0, 0.05) is 17.1 Å². The second kappa shape index (κ2) is 5.07. The van der Waals surface area contributed by atoms with Crippen LogP contribution in [0.5, 0.6) is 0 Å². The molecule has 2 aliphatic rings. The van der Waals surface area contributed by atoms with Crippen molar-refractivity contribution in [1.29, 1.82) is 0 Å². The molecule has 0 aromatic carbocycles. The molecule has 2 bridgehead atoms. The number of fused-ring (bicyclic) bond motifs is 2. The van der Waals surface area contributed by atoms with Crippen molar-refractivity contribution >= 4 is 11.3 Å². The molecular weight excluding hydrogens is 228 g/mol. The lowest BCUT2D eigenvalue weighted by Gasteiger charge is -2.26. The third-order valence-electron chi connectivity index (χ3n) is 4.67. The second-order valence-corrected chi connectivity index (χ2v) is 6.60. The molecule has 2 fully saturated rings. The first-order chi connectivity index (χ1) is 8.36. The Morgan fingerprint density at radius 2 is 2.41 bits per heavy atom. The summed E-state index contributed by atoms with van der Waals surface area (Å²) in [4.78, 5) is 5.65. The normalized spacial score (nSPS) is 33.1. The Hall–Kier alpha value is -0.410. The number of hydrogen-bond donors (Lipinski definition) is 1. The monoisotopic (exact) mass is 250 g/mol. The van der Waals surface area contributed by atoms with Crippen LogP contribution in [0, 0.1) is 17.8 Å². The highest BCUT2D eigenvalue weighted by molar-refractivity contribution is 7.09. The smallest absolute Gasteiger partial charge is 0.0794 e. The van der Waals surface area contributed by atoms with Crippen LogP contribution in [0.15, 0.2) is 11.7 Å². The van der Waals surface area contributed by atoms with E-state index >= 15 is 0 Å². The van der Waals surface area contributed by atoms with Gasteiger partial charge in [0.25, 0.3) is 0 Å². The van der Waals surface area contributed by atoms with Gasteiger partial charge in [-0.15, -0.1) is 11.3 Å².